The highest BCUT2D eigenvalue weighted by Crippen LogP contribution is 2.49. The van der Waals surface area contributed by atoms with Crippen molar-refractivity contribution in [2.24, 2.45) is 0 Å². The van der Waals surface area contributed by atoms with Crippen molar-refractivity contribution in [3.8, 4) is 11.5 Å². The van der Waals surface area contributed by atoms with Gasteiger partial charge >= 0.3 is 0 Å². The maximum Gasteiger partial charge on any atom is 0.131 e. The van der Waals surface area contributed by atoms with Crippen LogP contribution in [0.2, 0.25) is 5.02 Å². The van der Waals surface area contributed by atoms with Crippen LogP contribution in [0.4, 0.5) is 0 Å². The summed E-state index contributed by atoms with van der Waals surface area (Å²) in [5.74, 6) is 2.87. The summed E-state index contributed by atoms with van der Waals surface area (Å²) < 4.78 is 6.15. The van der Waals surface area contributed by atoms with E-state index in [1.165, 1.54) is 11.1 Å². The van der Waals surface area contributed by atoms with Crippen molar-refractivity contribution in [3.63, 3.8) is 0 Å². The molecule has 2 nitrogen and oxygen atoms in total. The lowest BCUT2D eigenvalue weighted by atomic mass is 9.84. The van der Waals surface area contributed by atoms with Crippen molar-refractivity contribution in [2.45, 2.75) is 39.5 Å². The molecule has 1 saturated heterocycles. The number of rotatable bonds is 0. The molecule has 140 valence electrons. The van der Waals surface area contributed by atoms with Crippen molar-refractivity contribution in [2.75, 3.05) is 20.1 Å². The molecule has 2 aliphatic heterocycles. The van der Waals surface area contributed by atoms with Gasteiger partial charge in [0.25, 0.3) is 0 Å². The van der Waals surface area contributed by atoms with Gasteiger partial charge in [-0.15, -0.1) is 0 Å². The van der Waals surface area contributed by atoms with Crippen LogP contribution in [0.3, 0.4) is 0 Å². The summed E-state index contributed by atoms with van der Waals surface area (Å²) >= 11 is 6.20. The fraction of sp³-hybridized carbons (Fsp3) is 0.391. The molecule has 0 spiro atoms. The number of hydrogen-bond acceptors (Lipinski definition) is 2. The van der Waals surface area contributed by atoms with E-state index in [-0.39, 0.29) is 0 Å². The summed E-state index contributed by atoms with van der Waals surface area (Å²) in [6.07, 6.45) is 4.00. The molecule has 4 rings (SSSR count). The molecule has 0 unspecified atom stereocenters. The predicted octanol–water partition coefficient (Wildman–Crippen LogP) is 6.87. The monoisotopic (exact) mass is 371 g/mol. The largest absolute Gasteiger partial charge is 0.457 e. The maximum absolute atomic E-state index is 6.20. The predicted molar refractivity (Wildman–Crippen MR) is 113 cm³/mol. The highest BCUT2D eigenvalue weighted by Gasteiger charge is 2.38. The molecular formula is C23H30ClNO. The molecule has 0 bridgehead atoms. The Bertz CT molecular complexity index is 737. The second-order valence-electron chi connectivity index (χ2n) is 6.42. The number of halogens is 1. The van der Waals surface area contributed by atoms with Crippen molar-refractivity contribution in [3.05, 3.63) is 70.8 Å². The zero-order valence-corrected chi connectivity index (χ0v) is 17.3. The average molecular weight is 372 g/mol. The van der Waals surface area contributed by atoms with Crippen molar-refractivity contribution >= 4 is 11.6 Å². The first-order chi connectivity index (χ1) is 12.6. The van der Waals surface area contributed by atoms with E-state index in [4.69, 9.17) is 16.3 Å². The van der Waals surface area contributed by atoms with Gasteiger partial charge in [0.15, 0.2) is 0 Å². The van der Waals surface area contributed by atoms with Crippen LogP contribution in [0.5, 0.6) is 11.5 Å². The molecule has 2 aromatic rings. The van der Waals surface area contributed by atoms with Gasteiger partial charge in [-0.1, -0.05) is 55.8 Å². The van der Waals surface area contributed by atoms with Crippen molar-refractivity contribution in [1.29, 1.82) is 0 Å². The molecule has 2 heterocycles. The van der Waals surface area contributed by atoms with Crippen molar-refractivity contribution < 1.29 is 4.74 Å². The van der Waals surface area contributed by atoms with Gasteiger partial charge < -0.3 is 9.64 Å². The molecule has 0 aliphatic carbocycles. The van der Waals surface area contributed by atoms with Gasteiger partial charge in [0.2, 0.25) is 0 Å². The minimum atomic E-state index is 0.456. The molecule has 26 heavy (non-hydrogen) atoms. The SMILES string of the molecule is C/C=C\C.CC.CN1C[C@H]2c3ccccc3Oc3ccc(Cl)cc3[C@@H]2C1. The number of likely N-dealkylation sites (N-methyl/N-ethyl adjacent to an activating group) is 1. The Labute approximate surface area is 163 Å². The summed E-state index contributed by atoms with van der Waals surface area (Å²) in [5, 5.41) is 0.784. The molecule has 0 saturated carbocycles. The highest BCUT2D eigenvalue weighted by atomic mass is 35.5. The first kappa shape index (κ1) is 20.5. The molecule has 2 aromatic carbocycles. The highest BCUT2D eigenvalue weighted by molar-refractivity contribution is 6.30. The third kappa shape index (κ3) is 4.49. The molecule has 2 atom stereocenters. The Kier molecular flexibility index (Phi) is 7.74. The van der Waals surface area contributed by atoms with Crippen LogP contribution in [0.1, 0.15) is 50.7 Å². The summed E-state index contributed by atoms with van der Waals surface area (Å²) in [6, 6.07) is 14.4. The number of fused-ring (bicyclic) bond motifs is 5. The van der Waals surface area contributed by atoms with Crippen LogP contribution in [0, 0.1) is 0 Å². The molecule has 0 N–H and O–H groups in total. The second kappa shape index (κ2) is 9.80. The van der Waals surface area contributed by atoms with Crippen LogP contribution >= 0.6 is 11.6 Å². The standard InChI is InChI=1S/C17H16ClNO.C4H8.C2H6/c1-19-9-14-12-4-2-3-5-16(12)20-17-7-6-11(18)8-13(17)15(14)10-19;1-3-4-2;1-2/h2-8,14-15H,9-10H2,1H3;3-4H,1-2H3;1-2H3/b;4-3-;/t14-,15-;;/m0../s1. The van der Waals surface area contributed by atoms with Crippen LogP contribution in [0.25, 0.3) is 0 Å². The van der Waals surface area contributed by atoms with Gasteiger partial charge in [0.1, 0.15) is 11.5 Å². The minimum absolute atomic E-state index is 0.456. The van der Waals surface area contributed by atoms with E-state index < -0.39 is 0 Å². The van der Waals surface area contributed by atoms with Crippen LogP contribution < -0.4 is 4.74 Å². The maximum atomic E-state index is 6.20. The average Bonchev–Trinajstić information content (AvgIpc) is 3.01. The fourth-order valence-electron chi connectivity index (χ4n) is 3.53. The Hall–Kier alpha value is -1.77. The zero-order chi connectivity index (χ0) is 19.1. The molecule has 3 heteroatoms. The number of para-hydroxylation sites is 1. The van der Waals surface area contributed by atoms with Gasteiger partial charge in [-0.2, -0.15) is 0 Å². The van der Waals surface area contributed by atoms with Crippen molar-refractivity contribution in [1.82, 2.24) is 4.90 Å². The molecule has 0 aromatic heterocycles. The molecule has 1 fully saturated rings. The van der Waals surface area contributed by atoms with Gasteiger partial charge in [0.05, 0.1) is 0 Å². The van der Waals surface area contributed by atoms with E-state index in [0.29, 0.717) is 11.8 Å². The van der Waals surface area contributed by atoms with E-state index in [2.05, 4.69) is 36.2 Å². The quantitative estimate of drug-likeness (QED) is 0.468. The molecule has 2 aliphatic rings. The van der Waals surface area contributed by atoms with Crippen LogP contribution in [-0.4, -0.2) is 25.0 Å². The van der Waals surface area contributed by atoms with Gasteiger partial charge in [-0.3, -0.25) is 0 Å². The Morgan fingerprint density at radius 2 is 1.50 bits per heavy atom. The third-order valence-electron chi connectivity index (χ3n) is 4.75. The van der Waals surface area contributed by atoms with E-state index in [1.54, 1.807) is 0 Å². The number of ether oxygens (including phenoxy) is 1. The van der Waals surface area contributed by atoms with Gasteiger partial charge in [-0.25, -0.2) is 0 Å². The summed E-state index contributed by atoms with van der Waals surface area (Å²) in [5.41, 5.74) is 2.55. The van der Waals surface area contributed by atoms with E-state index in [1.807, 2.05) is 58.0 Å². The normalized spacial score (nSPS) is 20.4. The zero-order valence-electron chi connectivity index (χ0n) is 16.5. The summed E-state index contributed by atoms with van der Waals surface area (Å²) in [4.78, 5) is 2.39. The summed E-state index contributed by atoms with van der Waals surface area (Å²) in [6.45, 7) is 10.1. The van der Waals surface area contributed by atoms with E-state index in [0.717, 1.165) is 29.6 Å². The number of hydrogen-bond donors (Lipinski definition) is 0. The van der Waals surface area contributed by atoms with Crippen LogP contribution in [-0.2, 0) is 0 Å². The lowest BCUT2D eigenvalue weighted by Gasteiger charge is -2.17. The van der Waals surface area contributed by atoms with Crippen LogP contribution in [0.15, 0.2) is 54.6 Å². The Morgan fingerprint density at radius 1 is 0.923 bits per heavy atom. The Morgan fingerprint density at radius 3 is 2.15 bits per heavy atom. The number of likely N-dealkylation sites (tertiary alicyclic amines) is 1. The number of allylic oxidation sites excluding steroid dienone is 2. The molecular weight excluding hydrogens is 342 g/mol. The van der Waals surface area contributed by atoms with Gasteiger partial charge in [0, 0.05) is 35.5 Å². The fourth-order valence-corrected chi connectivity index (χ4v) is 3.71. The smallest absolute Gasteiger partial charge is 0.131 e. The number of benzene rings is 2. The van der Waals surface area contributed by atoms with Gasteiger partial charge in [-0.05, 0) is 50.7 Å². The molecule has 0 amide bonds. The lowest BCUT2D eigenvalue weighted by molar-refractivity contribution is 0.401. The first-order valence-electron chi connectivity index (χ1n) is 9.46. The van der Waals surface area contributed by atoms with E-state index in [9.17, 15) is 0 Å². The topological polar surface area (TPSA) is 12.5 Å². The second-order valence-corrected chi connectivity index (χ2v) is 6.86. The molecule has 0 radical (unpaired) electrons. The summed E-state index contributed by atoms with van der Waals surface area (Å²) in [7, 11) is 2.18. The third-order valence-corrected chi connectivity index (χ3v) is 4.98. The Balaban J connectivity index is 0.000000361. The first-order valence-corrected chi connectivity index (χ1v) is 9.84. The lowest BCUT2D eigenvalue weighted by Crippen LogP contribution is -2.14. The number of nitrogens with zero attached hydrogens (tertiary/aromatic N) is 1. The minimum Gasteiger partial charge on any atom is -0.457 e. The van der Waals surface area contributed by atoms with E-state index >= 15 is 0 Å².